The van der Waals surface area contributed by atoms with Crippen LogP contribution in [-0.4, -0.2) is 77.8 Å². The normalized spacial score (nSPS) is 17.2. The minimum atomic E-state index is -0.453. The van der Waals surface area contributed by atoms with E-state index in [0.29, 0.717) is 54.4 Å². The van der Waals surface area contributed by atoms with Gasteiger partial charge in [0.05, 0.1) is 11.1 Å². The van der Waals surface area contributed by atoms with Crippen molar-refractivity contribution in [3.05, 3.63) is 59.2 Å². The molecule has 0 spiro atoms. The van der Waals surface area contributed by atoms with Crippen molar-refractivity contribution in [1.29, 1.82) is 0 Å². The van der Waals surface area contributed by atoms with Gasteiger partial charge in [-0.25, -0.2) is 0 Å². The van der Waals surface area contributed by atoms with E-state index in [9.17, 15) is 19.2 Å². The molecule has 3 aliphatic heterocycles. The number of imide groups is 1. The number of hydrogen-bond acceptors (Lipinski definition) is 6. The van der Waals surface area contributed by atoms with Crippen molar-refractivity contribution in [2.24, 2.45) is 0 Å². The first-order chi connectivity index (χ1) is 15.0. The molecule has 0 saturated carbocycles. The summed E-state index contributed by atoms with van der Waals surface area (Å²) >= 11 is 0. The molecule has 5 rings (SSSR count). The molecule has 2 aromatic carbocycles. The molecule has 31 heavy (non-hydrogen) atoms. The van der Waals surface area contributed by atoms with Gasteiger partial charge in [0.1, 0.15) is 6.54 Å². The first kappa shape index (κ1) is 19.1. The topological polar surface area (TPSA) is 96.5 Å². The highest BCUT2D eigenvalue weighted by atomic mass is 16.7. The van der Waals surface area contributed by atoms with Crippen LogP contribution in [-0.2, 0) is 4.79 Å². The number of hydrogen-bond donors (Lipinski definition) is 0. The highest BCUT2D eigenvalue weighted by Crippen LogP contribution is 2.33. The average Bonchev–Trinajstić information content (AvgIpc) is 3.37. The zero-order chi connectivity index (χ0) is 21.5. The number of amides is 4. The van der Waals surface area contributed by atoms with Crippen LogP contribution >= 0.6 is 0 Å². The van der Waals surface area contributed by atoms with Crippen LogP contribution in [0.15, 0.2) is 42.5 Å². The molecule has 0 bridgehead atoms. The standard InChI is InChI=1S/C22H19N3O6/c26-19(12-25-21(28)15-3-1-2-4-16(15)22(25)29)23-7-9-24(10-8-23)20(27)14-5-6-17-18(11-14)31-13-30-17/h1-6,11H,7-10,12-13H2. The Hall–Kier alpha value is -3.88. The van der Waals surface area contributed by atoms with E-state index in [0.717, 1.165) is 4.90 Å². The second kappa shape index (κ2) is 7.42. The summed E-state index contributed by atoms with van der Waals surface area (Å²) in [6, 6.07) is 11.6. The van der Waals surface area contributed by atoms with E-state index in [1.807, 2.05) is 0 Å². The zero-order valence-corrected chi connectivity index (χ0v) is 16.6. The molecular formula is C22H19N3O6. The summed E-state index contributed by atoms with van der Waals surface area (Å²) in [5, 5.41) is 0. The van der Waals surface area contributed by atoms with Gasteiger partial charge >= 0.3 is 0 Å². The van der Waals surface area contributed by atoms with Crippen LogP contribution in [0.5, 0.6) is 11.5 Å². The fraction of sp³-hybridized carbons (Fsp3) is 0.273. The summed E-state index contributed by atoms with van der Waals surface area (Å²) < 4.78 is 10.6. The molecule has 158 valence electrons. The second-order valence-corrected chi connectivity index (χ2v) is 7.48. The maximum atomic E-state index is 12.8. The number of fused-ring (bicyclic) bond motifs is 2. The van der Waals surface area contributed by atoms with E-state index in [1.54, 1.807) is 52.3 Å². The maximum absolute atomic E-state index is 12.8. The van der Waals surface area contributed by atoms with Crippen molar-refractivity contribution < 1.29 is 28.7 Å². The van der Waals surface area contributed by atoms with Gasteiger partial charge in [-0.1, -0.05) is 12.1 Å². The Labute approximate surface area is 177 Å². The van der Waals surface area contributed by atoms with Gasteiger partial charge in [-0.3, -0.25) is 24.1 Å². The number of carbonyl (C=O) groups is 4. The van der Waals surface area contributed by atoms with Crippen molar-refractivity contribution in [3.8, 4) is 11.5 Å². The predicted molar refractivity (Wildman–Crippen MR) is 107 cm³/mol. The lowest BCUT2D eigenvalue weighted by Crippen LogP contribution is -2.53. The summed E-state index contributed by atoms with van der Waals surface area (Å²) in [5.74, 6) is -0.215. The summed E-state index contributed by atoms with van der Waals surface area (Å²) in [5.41, 5.74) is 1.13. The Bertz CT molecular complexity index is 1070. The van der Waals surface area contributed by atoms with Gasteiger partial charge in [-0.05, 0) is 30.3 Å². The number of rotatable bonds is 3. The highest BCUT2D eigenvalue weighted by Gasteiger charge is 2.37. The van der Waals surface area contributed by atoms with E-state index >= 15 is 0 Å². The van der Waals surface area contributed by atoms with Crippen LogP contribution in [0.2, 0.25) is 0 Å². The first-order valence-electron chi connectivity index (χ1n) is 9.95. The number of ether oxygens (including phenoxy) is 2. The Morgan fingerprint density at radius 2 is 1.42 bits per heavy atom. The SMILES string of the molecule is O=C(CN1C(=O)c2ccccc2C1=O)N1CCN(C(=O)c2ccc3c(c2)OCO3)CC1. The summed E-state index contributed by atoms with van der Waals surface area (Å²) in [6.45, 7) is 1.22. The van der Waals surface area contributed by atoms with Crippen LogP contribution in [0.3, 0.4) is 0 Å². The number of benzene rings is 2. The molecule has 0 aromatic heterocycles. The molecular weight excluding hydrogens is 402 g/mol. The lowest BCUT2D eigenvalue weighted by atomic mass is 10.1. The largest absolute Gasteiger partial charge is 0.454 e. The van der Waals surface area contributed by atoms with E-state index in [-0.39, 0.29) is 25.2 Å². The smallest absolute Gasteiger partial charge is 0.262 e. The van der Waals surface area contributed by atoms with E-state index in [1.165, 1.54) is 0 Å². The Kier molecular flexibility index (Phi) is 4.58. The molecule has 4 amide bonds. The molecule has 0 unspecified atom stereocenters. The number of nitrogens with zero attached hydrogens (tertiary/aromatic N) is 3. The monoisotopic (exact) mass is 421 g/mol. The summed E-state index contributed by atoms with van der Waals surface area (Å²) in [4.78, 5) is 54.7. The van der Waals surface area contributed by atoms with Crippen LogP contribution in [0, 0.1) is 0 Å². The summed E-state index contributed by atoms with van der Waals surface area (Å²) in [6.07, 6.45) is 0. The van der Waals surface area contributed by atoms with E-state index in [4.69, 9.17) is 9.47 Å². The van der Waals surface area contributed by atoms with Gasteiger partial charge < -0.3 is 19.3 Å². The van der Waals surface area contributed by atoms with Crippen molar-refractivity contribution in [2.45, 2.75) is 0 Å². The molecule has 3 aliphatic rings. The third kappa shape index (κ3) is 3.27. The third-order valence-electron chi connectivity index (χ3n) is 5.71. The predicted octanol–water partition coefficient (Wildman–Crippen LogP) is 0.996. The highest BCUT2D eigenvalue weighted by molar-refractivity contribution is 6.22. The molecule has 0 aliphatic carbocycles. The Morgan fingerprint density at radius 3 is 2.10 bits per heavy atom. The minimum absolute atomic E-state index is 0.140. The molecule has 1 saturated heterocycles. The molecule has 0 N–H and O–H groups in total. The minimum Gasteiger partial charge on any atom is -0.454 e. The van der Waals surface area contributed by atoms with Gasteiger partial charge in [-0.15, -0.1) is 0 Å². The maximum Gasteiger partial charge on any atom is 0.262 e. The van der Waals surface area contributed by atoms with Gasteiger partial charge in [0.25, 0.3) is 17.7 Å². The number of piperazine rings is 1. The van der Waals surface area contributed by atoms with Crippen molar-refractivity contribution in [2.75, 3.05) is 39.5 Å². The average molecular weight is 421 g/mol. The van der Waals surface area contributed by atoms with Gasteiger partial charge in [0.2, 0.25) is 12.7 Å². The zero-order valence-electron chi connectivity index (χ0n) is 16.6. The Morgan fingerprint density at radius 1 is 0.806 bits per heavy atom. The second-order valence-electron chi connectivity index (χ2n) is 7.48. The lowest BCUT2D eigenvalue weighted by molar-refractivity contribution is -0.132. The first-order valence-corrected chi connectivity index (χ1v) is 9.95. The lowest BCUT2D eigenvalue weighted by Gasteiger charge is -2.35. The van der Waals surface area contributed by atoms with E-state index in [2.05, 4.69) is 0 Å². The molecule has 3 heterocycles. The fourth-order valence-corrected chi connectivity index (χ4v) is 3.99. The van der Waals surface area contributed by atoms with Crippen molar-refractivity contribution in [3.63, 3.8) is 0 Å². The molecule has 0 atom stereocenters. The van der Waals surface area contributed by atoms with Gasteiger partial charge in [-0.2, -0.15) is 0 Å². The molecule has 0 radical (unpaired) electrons. The molecule has 9 heteroatoms. The van der Waals surface area contributed by atoms with E-state index < -0.39 is 11.8 Å². The fourth-order valence-electron chi connectivity index (χ4n) is 3.99. The molecule has 1 fully saturated rings. The summed E-state index contributed by atoms with van der Waals surface area (Å²) in [7, 11) is 0. The van der Waals surface area contributed by atoms with Crippen LogP contribution < -0.4 is 9.47 Å². The Balaban J connectivity index is 1.19. The number of carbonyl (C=O) groups excluding carboxylic acids is 4. The molecule has 2 aromatic rings. The van der Waals surface area contributed by atoms with Crippen LogP contribution in [0.1, 0.15) is 31.1 Å². The van der Waals surface area contributed by atoms with Gasteiger partial charge in [0, 0.05) is 31.7 Å². The van der Waals surface area contributed by atoms with Gasteiger partial charge in [0.15, 0.2) is 11.5 Å². The van der Waals surface area contributed by atoms with Crippen LogP contribution in [0.4, 0.5) is 0 Å². The quantitative estimate of drug-likeness (QED) is 0.686. The van der Waals surface area contributed by atoms with Crippen LogP contribution in [0.25, 0.3) is 0 Å². The third-order valence-corrected chi connectivity index (χ3v) is 5.71. The van der Waals surface area contributed by atoms with Crippen molar-refractivity contribution in [1.82, 2.24) is 14.7 Å². The molecule has 9 nitrogen and oxygen atoms in total. The van der Waals surface area contributed by atoms with Crippen molar-refractivity contribution >= 4 is 23.6 Å².